The molecular weight excluding hydrogens is 304 g/mol. The smallest absolute Gasteiger partial charge is 0.240 e. The topological polar surface area (TPSA) is 101 Å². The van der Waals surface area contributed by atoms with Crippen molar-refractivity contribution in [1.29, 1.82) is 0 Å². The van der Waals surface area contributed by atoms with Crippen LogP contribution in [0.25, 0.3) is 11.6 Å². The molecule has 22 heavy (non-hydrogen) atoms. The Kier molecular flexibility index (Phi) is 4.03. The van der Waals surface area contributed by atoms with Gasteiger partial charge in [0.15, 0.2) is 5.76 Å². The Labute approximate surface area is 127 Å². The van der Waals surface area contributed by atoms with Crippen molar-refractivity contribution in [3.63, 3.8) is 0 Å². The van der Waals surface area contributed by atoms with Crippen LogP contribution in [0.2, 0.25) is 0 Å². The molecule has 0 atom stereocenters. The highest BCUT2D eigenvalue weighted by atomic mass is 32.2. The SMILES string of the molecule is O=S(=O)(NCCc1nc(-c2ccco2)n[nH]1)c1ccccc1. The molecule has 8 heteroatoms. The number of rotatable bonds is 6. The third kappa shape index (κ3) is 3.23. The molecule has 7 nitrogen and oxygen atoms in total. The largest absolute Gasteiger partial charge is 0.461 e. The number of hydrogen-bond donors (Lipinski definition) is 2. The monoisotopic (exact) mass is 318 g/mol. The van der Waals surface area contributed by atoms with Gasteiger partial charge >= 0.3 is 0 Å². The van der Waals surface area contributed by atoms with Gasteiger partial charge in [0.1, 0.15) is 5.82 Å². The lowest BCUT2D eigenvalue weighted by atomic mass is 10.4. The Hall–Kier alpha value is -2.45. The number of aromatic nitrogens is 3. The standard InChI is InChI=1S/C14H14N4O3S/c19-22(20,11-5-2-1-3-6-11)15-9-8-13-16-14(18-17-13)12-7-4-10-21-12/h1-7,10,15H,8-9H2,(H,16,17,18). The number of aromatic amines is 1. The summed E-state index contributed by atoms with van der Waals surface area (Å²) in [5.41, 5.74) is 0. The number of furan rings is 1. The fourth-order valence-electron chi connectivity index (χ4n) is 1.91. The molecule has 0 aliphatic heterocycles. The van der Waals surface area contributed by atoms with Crippen LogP contribution in [0.4, 0.5) is 0 Å². The van der Waals surface area contributed by atoms with Crippen LogP contribution < -0.4 is 4.72 Å². The van der Waals surface area contributed by atoms with Crippen LogP contribution in [0.5, 0.6) is 0 Å². The molecule has 114 valence electrons. The van der Waals surface area contributed by atoms with E-state index in [9.17, 15) is 8.42 Å². The van der Waals surface area contributed by atoms with E-state index >= 15 is 0 Å². The lowest BCUT2D eigenvalue weighted by Gasteiger charge is -2.05. The van der Waals surface area contributed by atoms with Gasteiger partial charge in [-0.2, -0.15) is 5.10 Å². The summed E-state index contributed by atoms with van der Waals surface area (Å²) in [6.45, 7) is 0.226. The molecule has 0 amide bonds. The summed E-state index contributed by atoms with van der Waals surface area (Å²) in [6, 6.07) is 11.7. The second-order valence-corrected chi connectivity index (χ2v) is 6.31. The summed E-state index contributed by atoms with van der Waals surface area (Å²) in [5.74, 6) is 1.60. The predicted molar refractivity (Wildman–Crippen MR) is 79.4 cm³/mol. The van der Waals surface area contributed by atoms with Gasteiger partial charge in [0, 0.05) is 13.0 Å². The molecule has 2 aromatic heterocycles. The first kappa shape index (κ1) is 14.5. The Bertz CT molecular complexity index is 826. The highest BCUT2D eigenvalue weighted by Crippen LogP contribution is 2.14. The summed E-state index contributed by atoms with van der Waals surface area (Å²) >= 11 is 0. The van der Waals surface area contributed by atoms with E-state index in [1.54, 1.807) is 48.7 Å². The lowest BCUT2D eigenvalue weighted by Crippen LogP contribution is -2.26. The molecule has 0 radical (unpaired) electrons. The van der Waals surface area contributed by atoms with Gasteiger partial charge in [-0.15, -0.1) is 0 Å². The summed E-state index contributed by atoms with van der Waals surface area (Å²) < 4.78 is 31.8. The summed E-state index contributed by atoms with van der Waals surface area (Å²) in [6.07, 6.45) is 1.94. The maximum atomic E-state index is 12.0. The molecule has 0 saturated heterocycles. The van der Waals surface area contributed by atoms with Crippen LogP contribution in [0.3, 0.4) is 0 Å². The molecule has 0 unspecified atom stereocenters. The van der Waals surface area contributed by atoms with E-state index in [0.29, 0.717) is 23.8 Å². The van der Waals surface area contributed by atoms with Gasteiger partial charge in [0.05, 0.1) is 11.2 Å². The molecule has 2 heterocycles. The van der Waals surface area contributed by atoms with Crippen LogP contribution in [-0.4, -0.2) is 30.1 Å². The first-order valence-corrected chi connectivity index (χ1v) is 8.13. The molecule has 0 aliphatic carbocycles. The van der Waals surface area contributed by atoms with Crippen molar-refractivity contribution in [2.75, 3.05) is 6.54 Å². The first-order valence-electron chi connectivity index (χ1n) is 6.65. The van der Waals surface area contributed by atoms with Gasteiger partial charge in [0.2, 0.25) is 15.8 Å². The van der Waals surface area contributed by atoms with Crippen molar-refractivity contribution in [2.24, 2.45) is 0 Å². The van der Waals surface area contributed by atoms with Crippen LogP contribution >= 0.6 is 0 Å². The maximum absolute atomic E-state index is 12.0. The van der Waals surface area contributed by atoms with Gasteiger partial charge in [-0.3, -0.25) is 5.10 Å². The Morgan fingerprint density at radius 3 is 2.68 bits per heavy atom. The zero-order chi connectivity index (χ0) is 15.4. The van der Waals surface area contributed by atoms with Gasteiger partial charge in [-0.25, -0.2) is 18.1 Å². The van der Waals surface area contributed by atoms with Crippen LogP contribution in [0.1, 0.15) is 5.82 Å². The molecule has 0 bridgehead atoms. The van der Waals surface area contributed by atoms with E-state index in [2.05, 4.69) is 19.9 Å². The van der Waals surface area contributed by atoms with E-state index in [1.807, 2.05) is 0 Å². The highest BCUT2D eigenvalue weighted by Gasteiger charge is 2.13. The number of hydrogen-bond acceptors (Lipinski definition) is 5. The van der Waals surface area contributed by atoms with Gasteiger partial charge in [-0.05, 0) is 24.3 Å². The first-order chi connectivity index (χ1) is 10.6. The van der Waals surface area contributed by atoms with Crippen molar-refractivity contribution in [2.45, 2.75) is 11.3 Å². The molecule has 0 fully saturated rings. The number of benzene rings is 1. The van der Waals surface area contributed by atoms with E-state index in [4.69, 9.17) is 4.42 Å². The Morgan fingerprint density at radius 1 is 1.14 bits per heavy atom. The van der Waals surface area contributed by atoms with E-state index in [-0.39, 0.29) is 11.4 Å². The zero-order valence-corrected chi connectivity index (χ0v) is 12.4. The zero-order valence-electron chi connectivity index (χ0n) is 11.6. The van der Waals surface area contributed by atoms with Gasteiger partial charge in [-0.1, -0.05) is 18.2 Å². The number of nitrogens with zero attached hydrogens (tertiary/aromatic N) is 2. The molecule has 2 N–H and O–H groups in total. The number of nitrogens with one attached hydrogen (secondary N) is 2. The van der Waals surface area contributed by atoms with Crippen molar-refractivity contribution in [3.05, 3.63) is 54.6 Å². The predicted octanol–water partition coefficient (Wildman–Crippen LogP) is 1.59. The third-order valence-electron chi connectivity index (χ3n) is 2.98. The van der Waals surface area contributed by atoms with E-state index in [0.717, 1.165) is 0 Å². The van der Waals surface area contributed by atoms with Crippen molar-refractivity contribution < 1.29 is 12.8 Å². The second kappa shape index (κ2) is 6.12. The quantitative estimate of drug-likeness (QED) is 0.718. The second-order valence-electron chi connectivity index (χ2n) is 4.54. The molecule has 0 saturated carbocycles. The maximum Gasteiger partial charge on any atom is 0.240 e. The average molecular weight is 318 g/mol. The molecule has 0 spiro atoms. The molecular formula is C14H14N4O3S. The van der Waals surface area contributed by atoms with Crippen LogP contribution in [0.15, 0.2) is 58.0 Å². The minimum atomic E-state index is -3.50. The molecule has 1 aromatic carbocycles. The lowest BCUT2D eigenvalue weighted by molar-refractivity contribution is 0.577. The minimum absolute atomic E-state index is 0.226. The Morgan fingerprint density at radius 2 is 1.95 bits per heavy atom. The van der Waals surface area contributed by atoms with E-state index in [1.165, 1.54) is 0 Å². The fraction of sp³-hybridized carbons (Fsp3) is 0.143. The molecule has 3 aromatic rings. The summed E-state index contributed by atoms with van der Waals surface area (Å²) in [7, 11) is -3.50. The number of sulfonamides is 1. The summed E-state index contributed by atoms with van der Waals surface area (Å²) in [5, 5.41) is 6.79. The van der Waals surface area contributed by atoms with Crippen molar-refractivity contribution in [1.82, 2.24) is 19.9 Å². The van der Waals surface area contributed by atoms with Gasteiger partial charge < -0.3 is 4.42 Å². The fourth-order valence-corrected chi connectivity index (χ4v) is 2.96. The Balaban J connectivity index is 1.60. The third-order valence-corrected chi connectivity index (χ3v) is 4.46. The highest BCUT2D eigenvalue weighted by molar-refractivity contribution is 7.89. The van der Waals surface area contributed by atoms with Crippen LogP contribution in [0, 0.1) is 0 Å². The van der Waals surface area contributed by atoms with Crippen molar-refractivity contribution in [3.8, 4) is 11.6 Å². The molecule has 3 rings (SSSR count). The summed E-state index contributed by atoms with van der Waals surface area (Å²) in [4.78, 5) is 4.49. The number of H-pyrrole nitrogens is 1. The van der Waals surface area contributed by atoms with Gasteiger partial charge in [0.25, 0.3) is 0 Å². The van der Waals surface area contributed by atoms with Crippen molar-refractivity contribution >= 4 is 10.0 Å². The average Bonchev–Trinajstić information content (AvgIpc) is 3.19. The minimum Gasteiger partial charge on any atom is -0.461 e. The van der Waals surface area contributed by atoms with E-state index < -0.39 is 10.0 Å². The molecule has 0 aliphatic rings. The normalized spacial score (nSPS) is 11.6. The van der Waals surface area contributed by atoms with Crippen LogP contribution in [-0.2, 0) is 16.4 Å².